The summed E-state index contributed by atoms with van der Waals surface area (Å²) in [6.45, 7) is 7.43. The molecule has 120 valence electrons. The lowest BCUT2D eigenvalue weighted by atomic mass is 10.1. The normalized spacial score (nSPS) is 18.6. The fourth-order valence-electron chi connectivity index (χ4n) is 2.92. The van der Waals surface area contributed by atoms with Crippen LogP contribution in [0.1, 0.15) is 19.0 Å². The van der Waals surface area contributed by atoms with Crippen molar-refractivity contribution in [2.45, 2.75) is 25.9 Å². The van der Waals surface area contributed by atoms with E-state index in [1.165, 1.54) is 0 Å². The van der Waals surface area contributed by atoms with E-state index in [9.17, 15) is 5.11 Å². The minimum atomic E-state index is 0.261. The van der Waals surface area contributed by atoms with Gasteiger partial charge in [-0.2, -0.15) is 0 Å². The molecular weight excluding hydrogens is 298 g/mol. The Morgan fingerprint density at radius 2 is 2.18 bits per heavy atom. The number of furan rings is 1. The molecule has 0 bridgehead atoms. The van der Waals surface area contributed by atoms with Crippen LogP contribution in [0.2, 0.25) is 0 Å². The number of hydrogen-bond donors (Lipinski definition) is 1. The third-order valence-electron chi connectivity index (χ3n) is 4.31. The van der Waals surface area contributed by atoms with Crippen molar-refractivity contribution in [2.75, 3.05) is 32.8 Å². The number of hydrogen-bond acceptors (Lipinski definition) is 6. The van der Waals surface area contributed by atoms with E-state index in [1.807, 2.05) is 6.07 Å². The fourth-order valence-corrected chi connectivity index (χ4v) is 3.71. The van der Waals surface area contributed by atoms with Crippen LogP contribution < -0.4 is 0 Å². The standard InChI is InChI=1S/C16H23N3O2S/c1-2-15(10-20)19-6-4-18(5-7-19)9-14-12-22-16(17-14)13-3-8-21-11-13/h3,8,11-12,15,20H,2,4-7,9-10H2,1H3/t15-/m0/s1. The molecule has 1 aliphatic rings. The van der Waals surface area contributed by atoms with Gasteiger partial charge in [0, 0.05) is 49.7 Å². The van der Waals surface area contributed by atoms with Gasteiger partial charge in [0.1, 0.15) is 11.3 Å². The Kier molecular flexibility index (Phi) is 5.25. The molecule has 2 aromatic rings. The van der Waals surface area contributed by atoms with Gasteiger partial charge in [-0.3, -0.25) is 9.80 Å². The van der Waals surface area contributed by atoms with Crippen molar-refractivity contribution < 1.29 is 9.52 Å². The number of aliphatic hydroxyl groups is 1. The van der Waals surface area contributed by atoms with Crippen LogP contribution in [0.4, 0.5) is 0 Å². The van der Waals surface area contributed by atoms with E-state index in [1.54, 1.807) is 23.9 Å². The summed E-state index contributed by atoms with van der Waals surface area (Å²) in [5.41, 5.74) is 2.18. The summed E-state index contributed by atoms with van der Waals surface area (Å²) in [5, 5.41) is 12.6. The van der Waals surface area contributed by atoms with Crippen LogP contribution >= 0.6 is 11.3 Å². The van der Waals surface area contributed by atoms with Crippen molar-refractivity contribution in [3.8, 4) is 10.6 Å². The second-order valence-corrected chi connectivity index (χ2v) is 6.57. The molecule has 1 saturated heterocycles. The molecule has 0 saturated carbocycles. The van der Waals surface area contributed by atoms with E-state index in [4.69, 9.17) is 9.40 Å². The highest BCUT2D eigenvalue weighted by molar-refractivity contribution is 7.13. The molecule has 0 radical (unpaired) electrons. The number of aromatic nitrogens is 1. The fraction of sp³-hybridized carbons (Fsp3) is 0.562. The average Bonchev–Trinajstić information content (AvgIpc) is 3.21. The van der Waals surface area contributed by atoms with E-state index in [2.05, 4.69) is 22.1 Å². The molecule has 5 nitrogen and oxygen atoms in total. The highest BCUT2D eigenvalue weighted by Gasteiger charge is 2.22. The SMILES string of the molecule is CC[C@@H](CO)N1CCN(Cc2csc(-c3ccoc3)n2)CC1. The van der Waals surface area contributed by atoms with Crippen molar-refractivity contribution in [1.82, 2.24) is 14.8 Å². The third-order valence-corrected chi connectivity index (χ3v) is 5.25. The summed E-state index contributed by atoms with van der Waals surface area (Å²) in [5.74, 6) is 0. The Labute approximate surface area is 135 Å². The van der Waals surface area contributed by atoms with Crippen molar-refractivity contribution in [3.05, 3.63) is 29.7 Å². The number of thiazole rings is 1. The van der Waals surface area contributed by atoms with Crippen LogP contribution in [0.15, 0.2) is 28.4 Å². The molecule has 0 amide bonds. The van der Waals surface area contributed by atoms with E-state index in [-0.39, 0.29) is 6.61 Å². The van der Waals surface area contributed by atoms with Crippen molar-refractivity contribution >= 4 is 11.3 Å². The first-order valence-corrected chi connectivity index (χ1v) is 8.72. The van der Waals surface area contributed by atoms with Crippen LogP contribution in [0, 0.1) is 0 Å². The zero-order valence-electron chi connectivity index (χ0n) is 12.9. The number of piperazine rings is 1. The Morgan fingerprint density at radius 1 is 1.36 bits per heavy atom. The Balaban J connectivity index is 1.53. The van der Waals surface area contributed by atoms with E-state index in [0.717, 1.165) is 55.4 Å². The molecule has 0 unspecified atom stereocenters. The van der Waals surface area contributed by atoms with Gasteiger partial charge < -0.3 is 9.52 Å². The molecule has 0 aromatic carbocycles. The first-order valence-electron chi connectivity index (χ1n) is 7.84. The van der Waals surface area contributed by atoms with Gasteiger partial charge in [0.15, 0.2) is 0 Å². The van der Waals surface area contributed by atoms with Gasteiger partial charge in [-0.25, -0.2) is 4.98 Å². The molecule has 3 heterocycles. The number of aliphatic hydroxyl groups excluding tert-OH is 1. The highest BCUT2D eigenvalue weighted by atomic mass is 32.1. The molecule has 1 fully saturated rings. The first kappa shape index (κ1) is 15.7. The summed E-state index contributed by atoms with van der Waals surface area (Å²) in [6.07, 6.45) is 4.43. The molecular formula is C16H23N3O2S. The molecule has 22 heavy (non-hydrogen) atoms. The van der Waals surface area contributed by atoms with Crippen molar-refractivity contribution in [1.29, 1.82) is 0 Å². The van der Waals surface area contributed by atoms with Gasteiger partial charge >= 0.3 is 0 Å². The minimum Gasteiger partial charge on any atom is -0.472 e. The Hall–Kier alpha value is -1.21. The van der Waals surface area contributed by atoms with Crippen molar-refractivity contribution in [2.24, 2.45) is 0 Å². The van der Waals surface area contributed by atoms with Gasteiger partial charge in [-0.15, -0.1) is 11.3 Å². The van der Waals surface area contributed by atoms with Crippen LogP contribution in [-0.4, -0.2) is 58.7 Å². The number of rotatable bonds is 6. The highest BCUT2D eigenvalue weighted by Crippen LogP contribution is 2.24. The maximum Gasteiger partial charge on any atom is 0.126 e. The Morgan fingerprint density at radius 3 is 2.82 bits per heavy atom. The predicted molar refractivity (Wildman–Crippen MR) is 87.8 cm³/mol. The summed E-state index contributed by atoms with van der Waals surface area (Å²) in [4.78, 5) is 9.53. The summed E-state index contributed by atoms with van der Waals surface area (Å²) in [7, 11) is 0. The van der Waals surface area contributed by atoms with Gasteiger partial charge in [-0.1, -0.05) is 6.92 Å². The third kappa shape index (κ3) is 3.57. The molecule has 1 atom stereocenters. The maximum atomic E-state index is 9.40. The molecule has 2 aromatic heterocycles. The smallest absolute Gasteiger partial charge is 0.126 e. The van der Waals surface area contributed by atoms with Gasteiger partial charge in [-0.05, 0) is 12.5 Å². The second kappa shape index (κ2) is 7.37. The van der Waals surface area contributed by atoms with Crippen LogP contribution in [0.3, 0.4) is 0 Å². The van der Waals surface area contributed by atoms with Gasteiger partial charge in [0.25, 0.3) is 0 Å². The summed E-state index contributed by atoms with van der Waals surface area (Å²) < 4.78 is 5.11. The van der Waals surface area contributed by atoms with Crippen LogP contribution in [0.5, 0.6) is 0 Å². The van der Waals surface area contributed by atoms with Gasteiger partial charge in [0.05, 0.1) is 18.6 Å². The molecule has 0 aliphatic carbocycles. The molecule has 6 heteroatoms. The lowest BCUT2D eigenvalue weighted by Crippen LogP contribution is -2.50. The predicted octanol–water partition coefficient (Wildman–Crippen LogP) is 2.29. The molecule has 0 spiro atoms. The van der Waals surface area contributed by atoms with E-state index >= 15 is 0 Å². The van der Waals surface area contributed by atoms with E-state index < -0.39 is 0 Å². The maximum absolute atomic E-state index is 9.40. The second-order valence-electron chi connectivity index (χ2n) is 5.71. The van der Waals surface area contributed by atoms with Crippen LogP contribution in [0.25, 0.3) is 10.6 Å². The lowest BCUT2D eigenvalue weighted by Gasteiger charge is -2.38. The number of nitrogens with zero attached hydrogens (tertiary/aromatic N) is 3. The Bertz CT molecular complexity index is 558. The largest absolute Gasteiger partial charge is 0.472 e. The summed E-state index contributed by atoms with van der Waals surface area (Å²) in [6, 6.07) is 2.26. The van der Waals surface area contributed by atoms with Crippen LogP contribution in [-0.2, 0) is 6.54 Å². The molecule has 1 aliphatic heterocycles. The average molecular weight is 321 g/mol. The molecule has 1 N–H and O–H groups in total. The zero-order valence-corrected chi connectivity index (χ0v) is 13.8. The first-order chi connectivity index (χ1) is 10.8. The van der Waals surface area contributed by atoms with E-state index in [0.29, 0.717) is 6.04 Å². The molecule has 3 rings (SSSR count). The minimum absolute atomic E-state index is 0.261. The summed E-state index contributed by atoms with van der Waals surface area (Å²) >= 11 is 1.67. The van der Waals surface area contributed by atoms with Crippen molar-refractivity contribution in [3.63, 3.8) is 0 Å². The monoisotopic (exact) mass is 321 g/mol. The van der Waals surface area contributed by atoms with Gasteiger partial charge in [0.2, 0.25) is 0 Å². The topological polar surface area (TPSA) is 52.7 Å². The lowest BCUT2D eigenvalue weighted by molar-refractivity contribution is 0.0604. The zero-order chi connectivity index (χ0) is 15.4. The quantitative estimate of drug-likeness (QED) is 0.885.